The monoisotopic (exact) mass is 280 g/mol. The van der Waals surface area contributed by atoms with Gasteiger partial charge in [0.2, 0.25) is 0 Å². The lowest BCUT2D eigenvalue weighted by atomic mass is 10.1. The molecule has 0 radical (unpaired) electrons. The number of nitro benzene ring substituents is 1. The maximum atomic E-state index is 13.6. The number of hydrogen-bond donors (Lipinski definition) is 1. The maximum Gasteiger partial charge on any atom is 0.270 e. The molecule has 1 aliphatic carbocycles. The quantitative estimate of drug-likeness (QED) is 0.643. The molecule has 1 fully saturated rings. The highest BCUT2D eigenvalue weighted by atomic mass is 19.1. The number of benzene rings is 1. The molecular formula is C14H17FN2O3. The number of hydrogen-bond acceptors (Lipinski definition) is 3. The maximum absolute atomic E-state index is 13.6. The molecule has 6 heteroatoms. The minimum absolute atomic E-state index is 0.00587. The number of halogens is 1. The normalized spacial score (nSPS) is 15.7. The highest BCUT2D eigenvalue weighted by Crippen LogP contribution is 2.34. The largest absolute Gasteiger partial charge is 0.349 e. The number of rotatable bonds is 6. The van der Waals surface area contributed by atoms with Crippen molar-refractivity contribution in [2.45, 2.75) is 38.6 Å². The Bertz CT molecular complexity index is 529. The van der Waals surface area contributed by atoms with Crippen molar-refractivity contribution in [2.24, 2.45) is 5.92 Å². The lowest BCUT2D eigenvalue weighted by Gasteiger charge is -2.16. The Morgan fingerprint density at radius 3 is 2.80 bits per heavy atom. The fourth-order valence-electron chi connectivity index (χ4n) is 2.15. The first-order chi connectivity index (χ1) is 9.51. The molecule has 108 valence electrons. The summed E-state index contributed by atoms with van der Waals surface area (Å²) in [6.07, 6.45) is 4.01. The van der Waals surface area contributed by atoms with E-state index in [0.717, 1.165) is 31.0 Å². The number of nitrogens with zero attached hydrogens (tertiary/aromatic N) is 1. The zero-order chi connectivity index (χ0) is 14.7. The molecule has 20 heavy (non-hydrogen) atoms. The van der Waals surface area contributed by atoms with E-state index >= 15 is 0 Å². The Labute approximate surface area is 116 Å². The second-order valence-electron chi connectivity index (χ2n) is 5.18. The standard InChI is InChI=1S/C14H17FN2O3/c1-2-10(7-9-3-4-9)16-14(18)12-8-11(17(19)20)5-6-13(12)15/h5-6,8-10H,2-4,7H2,1H3,(H,16,18). The number of carbonyl (C=O) groups excluding carboxylic acids is 1. The Morgan fingerprint density at radius 1 is 1.55 bits per heavy atom. The van der Waals surface area contributed by atoms with Gasteiger partial charge in [-0.2, -0.15) is 0 Å². The van der Waals surface area contributed by atoms with Crippen molar-refractivity contribution in [3.8, 4) is 0 Å². The predicted octanol–water partition coefficient (Wildman–Crippen LogP) is 3.04. The summed E-state index contributed by atoms with van der Waals surface area (Å²) in [5.74, 6) is -0.678. The Hall–Kier alpha value is -1.98. The van der Waals surface area contributed by atoms with Gasteiger partial charge in [0.05, 0.1) is 10.5 Å². The average Bonchev–Trinajstić information content (AvgIpc) is 3.21. The van der Waals surface area contributed by atoms with Crippen LogP contribution >= 0.6 is 0 Å². The molecule has 1 saturated carbocycles. The third-order valence-corrected chi connectivity index (χ3v) is 3.55. The van der Waals surface area contributed by atoms with Crippen molar-refractivity contribution in [1.82, 2.24) is 5.32 Å². The lowest BCUT2D eigenvalue weighted by Crippen LogP contribution is -2.35. The van der Waals surface area contributed by atoms with Crippen LogP contribution in [0.25, 0.3) is 0 Å². The summed E-state index contributed by atoms with van der Waals surface area (Å²) in [5.41, 5.74) is -0.555. The highest BCUT2D eigenvalue weighted by molar-refractivity contribution is 5.95. The number of non-ortho nitro benzene ring substituents is 1. The van der Waals surface area contributed by atoms with E-state index < -0.39 is 16.6 Å². The summed E-state index contributed by atoms with van der Waals surface area (Å²) in [6.45, 7) is 1.96. The Balaban J connectivity index is 2.10. The van der Waals surface area contributed by atoms with Crippen molar-refractivity contribution < 1.29 is 14.1 Å². The van der Waals surface area contributed by atoms with E-state index in [0.29, 0.717) is 5.92 Å². The van der Waals surface area contributed by atoms with Crippen LogP contribution in [0.15, 0.2) is 18.2 Å². The van der Waals surface area contributed by atoms with Crippen molar-refractivity contribution in [2.75, 3.05) is 0 Å². The lowest BCUT2D eigenvalue weighted by molar-refractivity contribution is -0.384. The number of amides is 1. The second kappa shape index (κ2) is 5.98. The summed E-state index contributed by atoms with van der Waals surface area (Å²) in [6, 6.07) is 2.98. The van der Waals surface area contributed by atoms with Gasteiger partial charge in [0.25, 0.3) is 11.6 Å². The van der Waals surface area contributed by atoms with Gasteiger partial charge in [0, 0.05) is 18.2 Å². The van der Waals surface area contributed by atoms with Gasteiger partial charge in [-0.3, -0.25) is 14.9 Å². The third kappa shape index (κ3) is 3.53. The molecular weight excluding hydrogens is 263 g/mol. The van der Waals surface area contributed by atoms with Crippen molar-refractivity contribution in [3.05, 3.63) is 39.7 Å². The van der Waals surface area contributed by atoms with E-state index in [4.69, 9.17) is 0 Å². The number of carbonyl (C=O) groups is 1. The van der Waals surface area contributed by atoms with Crippen molar-refractivity contribution in [3.63, 3.8) is 0 Å². The molecule has 0 saturated heterocycles. The summed E-state index contributed by atoms with van der Waals surface area (Å²) >= 11 is 0. The van der Waals surface area contributed by atoms with E-state index in [-0.39, 0.29) is 17.3 Å². The summed E-state index contributed by atoms with van der Waals surface area (Å²) in [7, 11) is 0. The topological polar surface area (TPSA) is 72.2 Å². The molecule has 1 aromatic rings. The SMILES string of the molecule is CCC(CC1CC1)NC(=O)c1cc([N+](=O)[O-])ccc1F. The fourth-order valence-corrected chi connectivity index (χ4v) is 2.15. The smallest absolute Gasteiger partial charge is 0.270 e. The summed E-state index contributed by atoms with van der Waals surface area (Å²) in [5, 5.41) is 13.4. The fraction of sp³-hybridized carbons (Fsp3) is 0.500. The molecule has 0 aromatic heterocycles. The van der Waals surface area contributed by atoms with Gasteiger partial charge in [-0.1, -0.05) is 19.8 Å². The van der Waals surface area contributed by atoms with Crippen LogP contribution in [0.2, 0.25) is 0 Å². The van der Waals surface area contributed by atoms with E-state index in [1.807, 2.05) is 6.92 Å². The molecule has 1 aliphatic rings. The van der Waals surface area contributed by atoms with Gasteiger partial charge in [0.15, 0.2) is 0 Å². The highest BCUT2D eigenvalue weighted by Gasteiger charge is 2.26. The molecule has 0 bridgehead atoms. The van der Waals surface area contributed by atoms with Crippen LogP contribution in [0.4, 0.5) is 10.1 Å². The van der Waals surface area contributed by atoms with Crippen LogP contribution in [0.1, 0.15) is 43.0 Å². The van der Waals surface area contributed by atoms with Gasteiger partial charge in [-0.05, 0) is 24.8 Å². The van der Waals surface area contributed by atoms with E-state index in [1.165, 1.54) is 12.8 Å². The molecule has 0 spiro atoms. The van der Waals surface area contributed by atoms with E-state index in [1.54, 1.807) is 0 Å². The number of nitro groups is 1. The van der Waals surface area contributed by atoms with Gasteiger partial charge >= 0.3 is 0 Å². The Kier molecular flexibility index (Phi) is 4.32. The molecule has 0 aliphatic heterocycles. The van der Waals surface area contributed by atoms with Crippen molar-refractivity contribution in [1.29, 1.82) is 0 Å². The molecule has 1 N–H and O–H groups in total. The Morgan fingerprint density at radius 2 is 2.25 bits per heavy atom. The second-order valence-corrected chi connectivity index (χ2v) is 5.18. The zero-order valence-electron chi connectivity index (χ0n) is 11.3. The first kappa shape index (κ1) is 14.4. The molecule has 1 amide bonds. The van der Waals surface area contributed by atoms with Crippen LogP contribution in [-0.4, -0.2) is 16.9 Å². The zero-order valence-corrected chi connectivity index (χ0v) is 11.3. The van der Waals surface area contributed by atoms with Crippen molar-refractivity contribution >= 4 is 11.6 Å². The minimum atomic E-state index is -0.741. The van der Waals surface area contributed by atoms with Gasteiger partial charge in [0.1, 0.15) is 5.82 Å². The molecule has 1 atom stereocenters. The van der Waals surface area contributed by atoms with Gasteiger partial charge < -0.3 is 5.32 Å². The van der Waals surface area contributed by atoms with Gasteiger partial charge in [-0.15, -0.1) is 0 Å². The summed E-state index contributed by atoms with van der Waals surface area (Å²) < 4.78 is 13.6. The number of nitrogens with one attached hydrogen (secondary N) is 1. The predicted molar refractivity (Wildman–Crippen MR) is 71.9 cm³/mol. The first-order valence-corrected chi connectivity index (χ1v) is 6.76. The van der Waals surface area contributed by atoms with Crippen LogP contribution in [-0.2, 0) is 0 Å². The average molecular weight is 280 g/mol. The van der Waals surface area contributed by atoms with Gasteiger partial charge in [-0.25, -0.2) is 4.39 Å². The molecule has 0 heterocycles. The van der Waals surface area contributed by atoms with E-state index in [2.05, 4.69) is 5.32 Å². The van der Waals surface area contributed by atoms with Crippen LogP contribution in [0.3, 0.4) is 0 Å². The van der Waals surface area contributed by atoms with Crippen LogP contribution in [0, 0.1) is 21.8 Å². The van der Waals surface area contributed by atoms with E-state index in [9.17, 15) is 19.3 Å². The van der Waals surface area contributed by atoms with Crippen LogP contribution < -0.4 is 5.32 Å². The molecule has 1 aromatic carbocycles. The molecule has 5 nitrogen and oxygen atoms in total. The van der Waals surface area contributed by atoms with Crippen LogP contribution in [0.5, 0.6) is 0 Å². The molecule has 2 rings (SSSR count). The molecule has 1 unspecified atom stereocenters. The summed E-state index contributed by atoms with van der Waals surface area (Å²) in [4.78, 5) is 22.1. The third-order valence-electron chi connectivity index (χ3n) is 3.55. The first-order valence-electron chi connectivity index (χ1n) is 6.76. The minimum Gasteiger partial charge on any atom is -0.349 e.